The molecule has 26 heavy (non-hydrogen) atoms. The van der Waals surface area contributed by atoms with Crippen molar-refractivity contribution in [2.45, 2.75) is 38.1 Å². The van der Waals surface area contributed by atoms with Gasteiger partial charge in [-0.3, -0.25) is 4.79 Å². The number of benzene rings is 1. The van der Waals surface area contributed by atoms with E-state index in [1.165, 1.54) is 12.8 Å². The molecule has 0 radical (unpaired) electrons. The predicted octanol–water partition coefficient (Wildman–Crippen LogP) is 2.63. The summed E-state index contributed by atoms with van der Waals surface area (Å²) < 4.78 is 5.69. The Balaban J connectivity index is 1.53. The summed E-state index contributed by atoms with van der Waals surface area (Å²) in [5, 5.41) is 3.01. The normalized spacial score (nSPS) is 26.3. The molecule has 1 aliphatic carbocycles. The van der Waals surface area contributed by atoms with Gasteiger partial charge in [0.05, 0.1) is 12.1 Å². The van der Waals surface area contributed by atoms with Crippen molar-refractivity contribution in [1.29, 1.82) is 0 Å². The highest BCUT2D eigenvalue weighted by atomic mass is 16.5. The number of carbonyl (C=O) groups excluding carboxylic acids is 2. The van der Waals surface area contributed by atoms with Gasteiger partial charge in [-0.25, -0.2) is 4.79 Å². The summed E-state index contributed by atoms with van der Waals surface area (Å²) in [5.41, 5.74) is 1.49. The van der Waals surface area contributed by atoms with Crippen LogP contribution in [0, 0.1) is 12.8 Å². The molecular formula is C20H27N3O3. The molecule has 2 saturated heterocycles. The number of nitrogens with one attached hydrogen (secondary N) is 1. The Morgan fingerprint density at radius 1 is 1.35 bits per heavy atom. The van der Waals surface area contributed by atoms with Crippen molar-refractivity contribution in [3.63, 3.8) is 0 Å². The van der Waals surface area contributed by atoms with Crippen molar-refractivity contribution in [3.05, 3.63) is 29.8 Å². The number of nitrogens with zero attached hydrogens (tertiary/aromatic N) is 2. The van der Waals surface area contributed by atoms with E-state index < -0.39 is 0 Å². The van der Waals surface area contributed by atoms with Crippen LogP contribution in [-0.2, 0) is 9.53 Å². The third-order valence-electron chi connectivity index (χ3n) is 5.85. The molecule has 6 heteroatoms. The highest BCUT2D eigenvalue weighted by molar-refractivity contribution is 5.91. The number of hydrogen-bond acceptors (Lipinski definition) is 3. The van der Waals surface area contributed by atoms with Crippen LogP contribution < -0.4 is 5.32 Å². The SMILES string of the molecule is Cc1ccccc1NC(=O)N1CCC(=O)N(CC2CC2)C2(CCOC2)C1. The molecule has 0 bridgehead atoms. The molecule has 3 amide bonds. The Hall–Kier alpha value is -2.08. The maximum Gasteiger partial charge on any atom is 0.321 e. The molecule has 0 aromatic heterocycles. The number of carbonyl (C=O) groups is 2. The molecule has 3 fully saturated rings. The number of amides is 3. The second-order valence-electron chi connectivity index (χ2n) is 7.89. The highest BCUT2D eigenvalue weighted by Gasteiger charge is 2.48. The average Bonchev–Trinajstić information content (AvgIpc) is 3.36. The van der Waals surface area contributed by atoms with Crippen molar-refractivity contribution < 1.29 is 14.3 Å². The second kappa shape index (κ2) is 6.91. The smallest absolute Gasteiger partial charge is 0.321 e. The van der Waals surface area contributed by atoms with Gasteiger partial charge in [-0.05, 0) is 43.7 Å². The second-order valence-corrected chi connectivity index (χ2v) is 7.89. The van der Waals surface area contributed by atoms with Crippen LogP contribution in [0.15, 0.2) is 24.3 Å². The topological polar surface area (TPSA) is 61.9 Å². The fourth-order valence-corrected chi connectivity index (χ4v) is 4.02. The summed E-state index contributed by atoms with van der Waals surface area (Å²) in [7, 11) is 0. The van der Waals surface area contributed by atoms with E-state index in [1.54, 1.807) is 4.90 Å². The van der Waals surface area contributed by atoms with Gasteiger partial charge in [0.1, 0.15) is 0 Å². The van der Waals surface area contributed by atoms with Crippen LogP contribution in [0.5, 0.6) is 0 Å². The largest absolute Gasteiger partial charge is 0.379 e. The molecule has 4 rings (SSSR count). The van der Waals surface area contributed by atoms with E-state index in [4.69, 9.17) is 4.74 Å². The number of aryl methyl sites for hydroxylation is 1. The maximum absolute atomic E-state index is 12.9. The lowest BCUT2D eigenvalue weighted by Gasteiger charge is -2.40. The van der Waals surface area contributed by atoms with Crippen molar-refractivity contribution >= 4 is 17.6 Å². The van der Waals surface area contributed by atoms with E-state index in [1.807, 2.05) is 36.1 Å². The first-order valence-corrected chi connectivity index (χ1v) is 9.57. The molecule has 1 N–H and O–H groups in total. The predicted molar refractivity (Wildman–Crippen MR) is 99.0 cm³/mol. The van der Waals surface area contributed by atoms with Crippen molar-refractivity contribution in [3.8, 4) is 0 Å². The molecule has 6 nitrogen and oxygen atoms in total. The average molecular weight is 357 g/mol. The van der Waals surface area contributed by atoms with E-state index in [0.717, 1.165) is 24.2 Å². The van der Waals surface area contributed by atoms with E-state index in [2.05, 4.69) is 5.32 Å². The minimum atomic E-state index is -0.362. The van der Waals surface area contributed by atoms with Gasteiger partial charge in [0.15, 0.2) is 0 Å². The number of hydrogen-bond donors (Lipinski definition) is 1. The first-order chi connectivity index (χ1) is 12.6. The van der Waals surface area contributed by atoms with Gasteiger partial charge in [-0.1, -0.05) is 18.2 Å². The molecule has 1 aromatic rings. The van der Waals surface area contributed by atoms with Crippen molar-refractivity contribution in [1.82, 2.24) is 9.80 Å². The summed E-state index contributed by atoms with van der Waals surface area (Å²) in [6, 6.07) is 7.62. The van der Waals surface area contributed by atoms with E-state index in [0.29, 0.717) is 38.6 Å². The van der Waals surface area contributed by atoms with Crippen LogP contribution in [0.4, 0.5) is 10.5 Å². The molecule has 1 atom stereocenters. The molecule has 3 aliphatic rings. The number of urea groups is 1. The van der Waals surface area contributed by atoms with Gasteiger partial charge in [0, 0.05) is 38.3 Å². The van der Waals surface area contributed by atoms with E-state index in [-0.39, 0.29) is 17.5 Å². The van der Waals surface area contributed by atoms with E-state index >= 15 is 0 Å². The van der Waals surface area contributed by atoms with Crippen molar-refractivity contribution in [2.75, 3.05) is 38.2 Å². The van der Waals surface area contributed by atoms with Crippen LogP contribution in [0.3, 0.4) is 0 Å². The Kier molecular flexibility index (Phi) is 4.61. The Labute approximate surface area is 154 Å². The first-order valence-electron chi connectivity index (χ1n) is 9.57. The van der Waals surface area contributed by atoms with Gasteiger partial charge >= 0.3 is 6.03 Å². The van der Waals surface area contributed by atoms with Gasteiger partial charge in [-0.15, -0.1) is 0 Å². The quantitative estimate of drug-likeness (QED) is 0.905. The maximum atomic E-state index is 12.9. The van der Waals surface area contributed by atoms with Crippen LogP contribution in [-0.4, -0.2) is 60.1 Å². The van der Waals surface area contributed by atoms with Crippen molar-refractivity contribution in [2.24, 2.45) is 5.92 Å². The number of para-hydroxylation sites is 1. The fraction of sp³-hybridized carbons (Fsp3) is 0.600. The zero-order chi connectivity index (χ0) is 18.1. The molecule has 1 spiro atoms. The minimum absolute atomic E-state index is 0.133. The lowest BCUT2D eigenvalue weighted by molar-refractivity contribution is -0.136. The third kappa shape index (κ3) is 3.43. The molecule has 140 valence electrons. The van der Waals surface area contributed by atoms with Crippen LogP contribution in [0.2, 0.25) is 0 Å². The Morgan fingerprint density at radius 2 is 2.15 bits per heavy atom. The molecule has 1 aromatic carbocycles. The first kappa shape index (κ1) is 17.3. The lowest BCUT2D eigenvalue weighted by Crippen LogP contribution is -2.57. The zero-order valence-electron chi connectivity index (χ0n) is 15.4. The summed E-state index contributed by atoms with van der Waals surface area (Å²) in [5.74, 6) is 0.789. The van der Waals surface area contributed by atoms with Crippen LogP contribution >= 0.6 is 0 Å². The van der Waals surface area contributed by atoms with Crippen LogP contribution in [0.25, 0.3) is 0 Å². The molecule has 2 aliphatic heterocycles. The summed E-state index contributed by atoms with van der Waals surface area (Å²) in [6.07, 6.45) is 3.60. The molecular weight excluding hydrogens is 330 g/mol. The Bertz CT molecular complexity index is 695. The number of rotatable bonds is 3. The van der Waals surface area contributed by atoms with Gasteiger partial charge in [0.25, 0.3) is 0 Å². The van der Waals surface area contributed by atoms with Gasteiger partial charge in [0.2, 0.25) is 5.91 Å². The number of ether oxygens (including phenoxy) is 1. The molecule has 1 saturated carbocycles. The highest BCUT2D eigenvalue weighted by Crippen LogP contribution is 2.37. The Morgan fingerprint density at radius 3 is 2.85 bits per heavy atom. The summed E-state index contributed by atoms with van der Waals surface area (Å²) in [6.45, 7) is 4.98. The third-order valence-corrected chi connectivity index (χ3v) is 5.85. The zero-order valence-corrected chi connectivity index (χ0v) is 15.4. The summed E-state index contributed by atoms with van der Waals surface area (Å²) in [4.78, 5) is 29.6. The monoisotopic (exact) mass is 357 g/mol. The summed E-state index contributed by atoms with van der Waals surface area (Å²) >= 11 is 0. The fourth-order valence-electron chi connectivity index (χ4n) is 4.02. The number of anilines is 1. The van der Waals surface area contributed by atoms with Gasteiger partial charge < -0.3 is 19.9 Å². The standard InChI is InChI=1S/C20H27N3O3/c1-15-4-2-3-5-17(15)21-19(25)22-10-8-18(24)23(12-16-6-7-16)20(13-22)9-11-26-14-20/h2-5,16H,6-14H2,1H3,(H,21,25). The van der Waals surface area contributed by atoms with Gasteiger partial charge in [-0.2, -0.15) is 0 Å². The lowest BCUT2D eigenvalue weighted by atomic mass is 9.95. The minimum Gasteiger partial charge on any atom is -0.379 e. The molecule has 1 unspecified atom stereocenters. The van der Waals surface area contributed by atoms with Crippen LogP contribution in [0.1, 0.15) is 31.2 Å². The molecule has 2 heterocycles. The van der Waals surface area contributed by atoms with E-state index in [9.17, 15) is 9.59 Å².